The molecule has 0 spiro atoms. The van der Waals surface area contributed by atoms with Crippen LogP contribution in [-0.2, 0) is 0 Å². The predicted octanol–water partition coefficient (Wildman–Crippen LogP) is 2.98. The summed E-state index contributed by atoms with van der Waals surface area (Å²) in [6.07, 6.45) is 0. The normalized spacial score (nSPS) is 21.1. The molecule has 1 N–H and O–H groups in total. The van der Waals surface area contributed by atoms with Crippen molar-refractivity contribution in [3.8, 4) is 0 Å². The second kappa shape index (κ2) is 2.52. The van der Waals surface area contributed by atoms with E-state index < -0.39 is 0 Å². The summed E-state index contributed by atoms with van der Waals surface area (Å²) in [5, 5.41) is 3.36. The second-order valence-electron chi connectivity index (χ2n) is 3.01. The zero-order chi connectivity index (χ0) is 7.84. The maximum Gasteiger partial charge on any atom is 0.0377 e. The van der Waals surface area contributed by atoms with Gasteiger partial charge in [0.05, 0.1) is 0 Å². The standard InChI is InChI=1S/C9H10BrN/c1-6-5-11-9-3-2-7(10)4-8(6)9/h2-4,6,11H,5H2,1H3. The van der Waals surface area contributed by atoms with Gasteiger partial charge in [-0.3, -0.25) is 0 Å². The molecular weight excluding hydrogens is 202 g/mol. The summed E-state index contributed by atoms with van der Waals surface area (Å²) in [4.78, 5) is 0. The first kappa shape index (κ1) is 7.17. The predicted molar refractivity (Wildman–Crippen MR) is 51.0 cm³/mol. The van der Waals surface area contributed by atoms with Crippen LogP contribution >= 0.6 is 15.9 Å². The summed E-state index contributed by atoms with van der Waals surface area (Å²) >= 11 is 3.46. The average Bonchev–Trinajstić information content (AvgIpc) is 2.33. The summed E-state index contributed by atoms with van der Waals surface area (Å²) in [6, 6.07) is 6.40. The van der Waals surface area contributed by atoms with E-state index in [4.69, 9.17) is 0 Å². The van der Waals surface area contributed by atoms with Crippen LogP contribution in [0.5, 0.6) is 0 Å². The summed E-state index contributed by atoms with van der Waals surface area (Å²) < 4.78 is 1.17. The van der Waals surface area contributed by atoms with E-state index in [9.17, 15) is 0 Å². The van der Waals surface area contributed by atoms with Crippen LogP contribution in [-0.4, -0.2) is 6.54 Å². The Morgan fingerprint density at radius 3 is 3.18 bits per heavy atom. The molecule has 1 heterocycles. The smallest absolute Gasteiger partial charge is 0.0377 e. The maximum atomic E-state index is 3.46. The first-order chi connectivity index (χ1) is 5.27. The van der Waals surface area contributed by atoms with Gasteiger partial charge in [0.15, 0.2) is 0 Å². The first-order valence-electron chi connectivity index (χ1n) is 3.80. The van der Waals surface area contributed by atoms with Gasteiger partial charge >= 0.3 is 0 Å². The van der Waals surface area contributed by atoms with Gasteiger partial charge in [-0.1, -0.05) is 22.9 Å². The largest absolute Gasteiger partial charge is 0.384 e. The zero-order valence-electron chi connectivity index (χ0n) is 6.39. The first-order valence-corrected chi connectivity index (χ1v) is 4.60. The number of fused-ring (bicyclic) bond motifs is 1. The Labute approximate surface area is 74.9 Å². The molecule has 1 nitrogen and oxygen atoms in total. The second-order valence-corrected chi connectivity index (χ2v) is 3.93. The van der Waals surface area contributed by atoms with Crippen molar-refractivity contribution >= 4 is 21.6 Å². The molecule has 1 unspecified atom stereocenters. The number of benzene rings is 1. The number of rotatable bonds is 0. The van der Waals surface area contributed by atoms with Crippen LogP contribution in [0, 0.1) is 0 Å². The molecule has 0 fully saturated rings. The van der Waals surface area contributed by atoms with Crippen molar-refractivity contribution in [2.45, 2.75) is 12.8 Å². The van der Waals surface area contributed by atoms with Crippen molar-refractivity contribution in [2.24, 2.45) is 0 Å². The van der Waals surface area contributed by atoms with Crippen LogP contribution in [0.1, 0.15) is 18.4 Å². The Hall–Kier alpha value is -0.500. The molecule has 0 amide bonds. The molecule has 2 heteroatoms. The number of hydrogen-bond donors (Lipinski definition) is 1. The molecule has 58 valence electrons. The Balaban J connectivity index is 2.52. The Morgan fingerprint density at radius 1 is 1.55 bits per heavy atom. The van der Waals surface area contributed by atoms with E-state index in [-0.39, 0.29) is 0 Å². The molecule has 1 aliphatic heterocycles. The van der Waals surface area contributed by atoms with E-state index in [2.05, 4.69) is 46.4 Å². The topological polar surface area (TPSA) is 12.0 Å². The average molecular weight is 212 g/mol. The van der Waals surface area contributed by atoms with Gasteiger partial charge in [-0.25, -0.2) is 0 Å². The van der Waals surface area contributed by atoms with Gasteiger partial charge in [-0.15, -0.1) is 0 Å². The number of nitrogens with one attached hydrogen (secondary N) is 1. The van der Waals surface area contributed by atoms with E-state index in [1.54, 1.807) is 0 Å². The molecule has 0 saturated heterocycles. The summed E-state index contributed by atoms with van der Waals surface area (Å²) in [5.74, 6) is 0.655. The molecule has 1 aromatic rings. The third kappa shape index (κ3) is 1.16. The lowest BCUT2D eigenvalue weighted by Gasteiger charge is -2.01. The lowest BCUT2D eigenvalue weighted by molar-refractivity contribution is 0.853. The lowest BCUT2D eigenvalue weighted by Crippen LogP contribution is -1.95. The van der Waals surface area contributed by atoms with Gasteiger partial charge in [-0.2, -0.15) is 0 Å². The third-order valence-electron chi connectivity index (χ3n) is 2.14. The van der Waals surface area contributed by atoms with Crippen molar-refractivity contribution in [3.63, 3.8) is 0 Å². The number of halogens is 1. The molecule has 1 aliphatic rings. The quantitative estimate of drug-likeness (QED) is 0.697. The molecule has 0 bridgehead atoms. The van der Waals surface area contributed by atoms with Gasteiger partial charge in [0.2, 0.25) is 0 Å². The molecule has 2 rings (SSSR count). The SMILES string of the molecule is CC1CNc2ccc(Br)cc21. The van der Waals surface area contributed by atoms with Crippen molar-refractivity contribution in [1.82, 2.24) is 0 Å². The van der Waals surface area contributed by atoms with Crippen LogP contribution < -0.4 is 5.32 Å². The fourth-order valence-electron chi connectivity index (χ4n) is 1.48. The lowest BCUT2D eigenvalue weighted by atomic mass is 10.0. The summed E-state index contributed by atoms with van der Waals surface area (Å²) in [6.45, 7) is 3.32. The fourth-order valence-corrected chi connectivity index (χ4v) is 1.85. The van der Waals surface area contributed by atoms with Gasteiger partial charge < -0.3 is 5.32 Å². The van der Waals surface area contributed by atoms with Crippen molar-refractivity contribution < 1.29 is 0 Å². The number of hydrogen-bond acceptors (Lipinski definition) is 1. The Bertz CT molecular complexity index is 283. The van der Waals surface area contributed by atoms with Gasteiger partial charge in [0, 0.05) is 22.6 Å². The van der Waals surface area contributed by atoms with Crippen LogP contribution in [0.4, 0.5) is 5.69 Å². The van der Waals surface area contributed by atoms with Crippen LogP contribution in [0.25, 0.3) is 0 Å². The van der Waals surface area contributed by atoms with E-state index >= 15 is 0 Å². The highest BCUT2D eigenvalue weighted by Gasteiger charge is 2.16. The molecule has 1 aromatic carbocycles. The van der Waals surface area contributed by atoms with Crippen molar-refractivity contribution in [1.29, 1.82) is 0 Å². The number of anilines is 1. The molecule has 1 atom stereocenters. The Morgan fingerprint density at radius 2 is 2.36 bits per heavy atom. The van der Waals surface area contributed by atoms with E-state index in [0.29, 0.717) is 5.92 Å². The van der Waals surface area contributed by atoms with E-state index in [1.165, 1.54) is 15.7 Å². The van der Waals surface area contributed by atoms with Gasteiger partial charge in [-0.05, 0) is 23.8 Å². The minimum Gasteiger partial charge on any atom is -0.384 e. The summed E-state index contributed by atoms with van der Waals surface area (Å²) in [5.41, 5.74) is 2.72. The molecule has 0 saturated carbocycles. The van der Waals surface area contributed by atoms with Crippen LogP contribution in [0.15, 0.2) is 22.7 Å². The highest BCUT2D eigenvalue weighted by molar-refractivity contribution is 9.10. The van der Waals surface area contributed by atoms with Crippen LogP contribution in [0.2, 0.25) is 0 Å². The van der Waals surface area contributed by atoms with Gasteiger partial charge in [0.25, 0.3) is 0 Å². The van der Waals surface area contributed by atoms with E-state index in [0.717, 1.165) is 6.54 Å². The molecule has 11 heavy (non-hydrogen) atoms. The molecule has 0 aromatic heterocycles. The molecule has 0 aliphatic carbocycles. The van der Waals surface area contributed by atoms with Crippen molar-refractivity contribution in [3.05, 3.63) is 28.2 Å². The van der Waals surface area contributed by atoms with Crippen LogP contribution in [0.3, 0.4) is 0 Å². The van der Waals surface area contributed by atoms with E-state index in [1.807, 2.05) is 0 Å². The van der Waals surface area contributed by atoms with Crippen molar-refractivity contribution in [2.75, 3.05) is 11.9 Å². The monoisotopic (exact) mass is 211 g/mol. The highest BCUT2D eigenvalue weighted by atomic mass is 79.9. The fraction of sp³-hybridized carbons (Fsp3) is 0.333. The third-order valence-corrected chi connectivity index (χ3v) is 2.64. The van der Waals surface area contributed by atoms with Gasteiger partial charge in [0.1, 0.15) is 0 Å². The Kier molecular flexibility index (Phi) is 1.64. The zero-order valence-corrected chi connectivity index (χ0v) is 7.98. The highest BCUT2D eigenvalue weighted by Crippen LogP contribution is 2.32. The molecular formula is C9H10BrN. The molecule has 0 radical (unpaired) electrons. The minimum atomic E-state index is 0.655. The maximum absolute atomic E-state index is 3.46. The minimum absolute atomic E-state index is 0.655. The summed E-state index contributed by atoms with van der Waals surface area (Å²) in [7, 11) is 0.